The summed E-state index contributed by atoms with van der Waals surface area (Å²) < 4.78 is 0. The summed E-state index contributed by atoms with van der Waals surface area (Å²) in [6.07, 6.45) is 7.24. The number of fused-ring (bicyclic) bond motifs is 12. The molecule has 0 heterocycles. The molecular formula is C78H48. The highest BCUT2D eigenvalue weighted by molar-refractivity contribution is 6.13. The lowest BCUT2D eigenvalue weighted by Crippen LogP contribution is -1.91. The Hall–Kier alpha value is -10.1. The number of rotatable bonds is 6. The van der Waals surface area contributed by atoms with Crippen LogP contribution >= 0.6 is 0 Å². The predicted octanol–water partition coefficient (Wildman–Crippen LogP) is 20.9. The normalized spacial score (nSPS) is 14.2. The molecule has 16 rings (SSSR count). The van der Waals surface area contributed by atoms with E-state index in [2.05, 4.69) is 291 Å². The highest BCUT2D eigenvalue weighted by Crippen LogP contribution is 2.51. The van der Waals surface area contributed by atoms with E-state index in [1.165, 1.54) is 166 Å². The first-order valence-electron chi connectivity index (χ1n) is 27.1. The molecule has 0 amide bonds. The van der Waals surface area contributed by atoms with Crippen LogP contribution in [0, 0.1) is 0 Å². The summed E-state index contributed by atoms with van der Waals surface area (Å²) >= 11 is 0. The molecule has 0 unspecified atom stereocenters. The molecule has 0 saturated carbocycles. The minimum atomic E-state index is 1.18. The lowest BCUT2D eigenvalue weighted by Gasteiger charge is -2.15. The molecule has 0 radical (unpaired) electrons. The van der Waals surface area contributed by atoms with Crippen LogP contribution in [0.4, 0.5) is 0 Å². The Labute approximate surface area is 454 Å². The Morgan fingerprint density at radius 2 is 0.423 bits per heavy atom. The molecule has 0 N–H and O–H groups in total. The zero-order valence-electron chi connectivity index (χ0n) is 42.7. The van der Waals surface area contributed by atoms with Crippen molar-refractivity contribution in [2.24, 2.45) is 0 Å². The van der Waals surface area contributed by atoms with Gasteiger partial charge in [-0.25, -0.2) is 0 Å². The van der Waals surface area contributed by atoms with Crippen molar-refractivity contribution in [3.63, 3.8) is 0 Å². The van der Waals surface area contributed by atoms with Gasteiger partial charge in [0.1, 0.15) is 0 Å². The van der Waals surface area contributed by atoms with Crippen LogP contribution < -0.4 is 0 Å². The molecule has 360 valence electrons. The Balaban J connectivity index is 0.893. The van der Waals surface area contributed by atoms with E-state index < -0.39 is 0 Å². The fourth-order valence-electron chi connectivity index (χ4n) is 13.0. The topological polar surface area (TPSA) is 0 Å². The molecule has 3 aliphatic rings. The molecule has 0 atom stereocenters. The van der Waals surface area contributed by atoms with Gasteiger partial charge in [0.15, 0.2) is 0 Å². The lowest BCUT2D eigenvalue weighted by atomic mass is 9.89. The quantitative estimate of drug-likeness (QED) is 0.156. The number of hydrogen-bond donors (Lipinski definition) is 0. The zero-order chi connectivity index (χ0) is 51.3. The second-order valence-electron chi connectivity index (χ2n) is 21.1. The van der Waals surface area contributed by atoms with E-state index in [9.17, 15) is 0 Å². The summed E-state index contributed by atoms with van der Waals surface area (Å²) in [6.45, 7) is 0. The SMILES string of the molecule is C(=C1\c2ccccc2-c2ccc(-c3cc(-c4ccc5c(c4)/C(=C\c4cccc6ccccc46)c4ccccc4-5)cc(-c4ccc5c(c4)/C(=C/c4cccc6ccccc46)c4ccccc4-5)c3)cc21)/c1cccc2ccccc12. The average molecular weight is 985 g/mol. The molecule has 0 saturated heterocycles. The zero-order valence-corrected chi connectivity index (χ0v) is 42.7. The molecule has 3 aliphatic carbocycles. The highest BCUT2D eigenvalue weighted by Gasteiger charge is 2.28. The lowest BCUT2D eigenvalue weighted by molar-refractivity contribution is 1.55. The third-order valence-corrected chi connectivity index (χ3v) is 16.8. The largest absolute Gasteiger partial charge is 0.0616 e. The number of benzene rings is 13. The molecule has 0 aliphatic heterocycles. The van der Waals surface area contributed by atoms with Gasteiger partial charge in [-0.15, -0.1) is 0 Å². The monoisotopic (exact) mass is 984 g/mol. The van der Waals surface area contributed by atoms with Crippen LogP contribution in [0.15, 0.2) is 273 Å². The third kappa shape index (κ3) is 7.15. The predicted molar refractivity (Wildman–Crippen MR) is 332 cm³/mol. The maximum absolute atomic E-state index is 2.45. The summed E-state index contributed by atoms with van der Waals surface area (Å²) in [5, 5.41) is 7.50. The van der Waals surface area contributed by atoms with Gasteiger partial charge >= 0.3 is 0 Å². The summed E-state index contributed by atoms with van der Waals surface area (Å²) in [5.74, 6) is 0. The van der Waals surface area contributed by atoms with Gasteiger partial charge in [0, 0.05) is 0 Å². The van der Waals surface area contributed by atoms with Crippen LogP contribution in [0.2, 0.25) is 0 Å². The maximum atomic E-state index is 2.45. The van der Waals surface area contributed by atoms with Crippen molar-refractivity contribution >= 4 is 67.3 Å². The third-order valence-electron chi connectivity index (χ3n) is 16.8. The first-order chi connectivity index (χ1) is 38.6. The fourth-order valence-corrected chi connectivity index (χ4v) is 13.0. The average Bonchev–Trinajstić information content (AvgIpc) is 4.17. The van der Waals surface area contributed by atoms with Gasteiger partial charge in [0.05, 0.1) is 0 Å². The van der Waals surface area contributed by atoms with E-state index in [0.717, 1.165) is 0 Å². The van der Waals surface area contributed by atoms with Crippen molar-refractivity contribution in [3.05, 3.63) is 323 Å². The van der Waals surface area contributed by atoms with Crippen molar-refractivity contribution in [1.82, 2.24) is 0 Å². The minimum Gasteiger partial charge on any atom is -0.0616 e. The molecule has 0 heteroatoms. The molecule has 78 heavy (non-hydrogen) atoms. The van der Waals surface area contributed by atoms with Crippen LogP contribution in [0.1, 0.15) is 50.1 Å². The smallest absolute Gasteiger partial charge is 0.00926 e. The molecule has 13 aromatic carbocycles. The summed E-state index contributed by atoms with van der Waals surface area (Å²) in [4.78, 5) is 0. The molecule has 13 aromatic rings. The molecule has 0 aromatic heterocycles. The van der Waals surface area contributed by atoms with E-state index in [0.29, 0.717) is 0 Å². The van der Waals surface area contributed by atoms with Gasteiger partial charge in [-0.05, 0) is 220 Å². The van der Waals surface area contributed by atoms with Crippen molar-refractivity contribution in [2.45, 2.75) is 0 Å². The first-order valence-corrected chi connectivity index (χ1v) is 27.1. The molecule has 0 bridgehead atoms. The standard InChI is InChI=1S/C78H48/c1-4-25-61-49(16-1)19-13-22-55(61)46-76-67-31-10-7-28-64(67)70-37-34-52(43-73(70)76)58-40-59(53-35-38-71-65-29-8-11-32-68(65)77(74(71)44-53)47-56-23-14-20-50-17-2-5-26-62(50)56)42-60(41-58)54-36-39-72-66-30-9-12-33-69(66)78(75(72)45-54)48-57-24-15-21-51-18-3-6-27-63(51)57/h1-48H/b76-46-,77-47-,78-48+. The van der Waals surface area contributed by atoms with Crippen molar-refractivity contribution in [1.29, 1.82) is 0 Å². The van der Waals surface area contributed by atoms with Gasteiger partial charge in [0.2, 0.25) is 0 Å². The Kier molecular flexibility index (Phi) is 10.0. The van der Waals surface area contributed by atoms with Crippen LogP contribution in [-0.2, 0) is 0 Å². The van der Waals surface area contributed by atoms with Crippen LogP contribution in [-0.4, -0.2) is 0 Å². The fraction of sp³-hybridized carbons (Fsp3) is 0. The van der Waals surface area contributed by atoms with Crippen LogP contribution in [0.5, 0.6) is 0 Å². The second kappa shape index (κ2) is 17.7. The van der Waals surface area contributed by atoms with Gasteiger partial charge < -0.3 is 0 Å². The Morgan fingerprint density at radius 3 is 0.744 bits per heavy atom. The number of hydrogen-bond acceptors (Lipinski definition) is 0. The second-order valence-corrected chi connectivity index (χ2v) is 21.1. The Bertz CT molecular complexity index is 4270. The molecule has 0 fully saturated rings. The van der Waals surface area contributed by atoms with E-state index in [1.54, 1.807) is 0 Å². The van der Waals surface area contributed by atoms with Gasteiger partial charge in [-0.2, -0.15) is 0 Å². The van der Waals surface area contributed by atoms with Gasteiger partial charge in [-0.1, -0.05) is 237 Å². The summed E-state index contributed by atoms with van der Waals surface area (Å²) in [5.41, 5.74) is 29.7. The first kappa shape index (κ1) is 44.2. The van der Waals surface area contributed by atoms with Crippen molar-refractivity contribution < 1.29 is 0 Å². The highest BCUT2D eigenvalue weighted by atomic mass is 14.3. The van der Waals surface area contributed by atoms with Crippen molar-refractivity contribution in [3.8, 4) is 66.8 Å². The van der Waals surface area contributed by atoms with Crippen LogP contribution in [0.3, 0.4) is 0 Å². The minimum absolute atomic E-state index is 1.18. The van der Waals surface area contributed by atoms with Gasteiger partial charge in [0.25, 0.3) is 0 Å². The molecule has 0 spiro atoms. The summed E-state index contributed by atoms with van der Waals surface area (Å²) in [7, 11) is 0. The van der Waals surface area contributed by atoms with Gasteiger partial charge in [-0.3, -0.25) is 0 Å². The maximum Gasteiger partial charge on any atom is -0.00926 e. The molecular weight excluding hydrogens is 937 g/mol. The van der Waals surface area contributed by atoms with Crippen LogP contribution in [0.25, 0.3) is 134 Å². The van der Waals surface area contributed by atoms with E-state index in [4.69, 9.17) is 0 Å². The van der Waals surface area contributed by atoms with E-state index in [1.807, 2.05) is 0 Å². The Morgan fingerprint density at radius 1 is 0.167 bits per heavy atom. The summed E-state index contributed by atoms with van der Waals surface area (Å²) in [6, 6.07) is 102. The molecule has 0 nitrogen and oxygen atoms in total. The van der Waals surface area contributed by atoms with Crippen molar-refractivity contribution in [2.75, 3.05) is 0 Å². The van der Waals surface area contributed by atoms with E-state index >= 15 is 0 Å². The van der Waals surface area contributed by atoms with E-state index in [-0.39, 0.29) is 0 Å².